The quantitative estimate of drug-likeness (QED) is 0.372. The molecule has 0 aliphatic heterocycles. The van der Waals surface area contributed by atoms with Gasteiger partial charge in [0.15, 0.2) is 0 Å². The van der Waals surface area contributed by atoms with E-state index in [2.05, 4.69) is 40.2 Å². The molecule has 0 fully saturated rings. The molecule has 0 aliphatic carbocycles. The average Bonchev–Trinajstić information content (AvgIpc) is 2.10. The summed E-state index contributed by atoms with van der Waals surface area (Å²) in [5, 5.41) is 0. The van der Waals surface area contributed by atoms with Crippen LogP contribution in [0, 0.1) is 0 Å². The second kappa shape index (κ2) is 10.2. The van der Waals surface area contributed by atoms with Crippen LogP contribution in [0.1, 0.15) is 39.5 Å². The molecule has 0 atom stereocenters. The zero-order chi connectivity index (χ0) is 9.23. The second-order valence-electron chi connectivity index (χ2n) is 3.24. The molecule has 12 heavy (non-hydrogen) atoms. The first-order valence-corrected chi connectivity index (χ1v) is 14.9. The monoisotopic (exact) mass is 315 g/mol. The van der Waals surface area contributed by atoms with Crippen molar-refractivity contribution in [1.29, 1.82) is 0 Å². The summed E-state index contributed by atoms with van der Waals surface area (Å²) in [5.41, 5.74) is 0. The maximum absolute atomic E-state index is 2.80. The lowest BCUT2D eigenvalue weighted by Crippen LogP contribution is -2.32. The van der Waals surface area contributed by atoms with Gasteiger partial charge in [-0.05, 0) is 25.9 Å². The Hall–Kier alpha value is 1.12. The van der Waals surface area contributed by atoms with Gasteiger partial charge >= 0.3 is 0 Å². The average molecular weight is 315 g/mol. The number of nitrogens with zero attached hydrogens (tertiary/aromatic N) is 1. The van der Waals surface area contributed by atoms with Crippen molar-refractivity contribution in [2.75, 3.05) is 13.1 Å². The van der Waals surface area contributed by atoms with Gasteiger partial charge in [-0.2, -0.15) is 0 Å². The maximum Gasteiger partial charge on any atom is 0.0973 e. The van der Waals surface area contributed by atoms with Crippen molar-refractivity contribution in [3.05, 3.63) is 0 Å². The molecule has 0 saturated heterocycles. The van der Waals surface area contributed by atoms with Crippen molar-refractivity contribution in [3.8, 4) is 0 Å². The van der Waals surface area contributed by atoms with Crippen LogP contribution >= 0.6 is 21.8 Å². The van der Waals surface area contributed by atoms with Crippen LogP contribution in [0.3, 0.4) is 0 Å². The minimum atomic E-state index is 0.254. The Balaban J connectivity index is 3.40. The van der Waals surface area contributed by atoms with E-state index >= 15 is 0 Å². The van der Waals surface area contributed by atoms with E-state index in [9.17, 15) is 0 Å². The lowest BCUT2D eigenvalue weighted by molar-refractivity contribution is 0.426. The Bertz CT molecular complexity index is 85.1. The Kier molecular flexibility index (Phi) is 11.2. The normalized spacial score (nSPS) is 13.0. The van der Waals surface area contributed by atoms with Crippen molar-refractivity contribution in [3.63, 3.8) is 0 Å². The van der Waals surface area contributed by atoms with Gasteiger partial charge in [0.25, 0.3) is 0 Å². The van der Waals surface area contributed by atoms with Crippen molar-refractivity contribution < 1.29 is 0 Å². The molecule has 0 spiro atoms. The van der Waals surface area contributed by atoms with Gasteiger partial charge in [-0.25, -0.2) is 0 Å². The summed E-state index contributed by atoms with van der Waals surface area (Å²) in [5.74, 6) is 0. The van der Waals surface area contributed by atoms with E-state index in [4.69, 9.17) is 0 Å². The largest absolute Gasteiger partial charge is 0.331 e. The summed E-state index contributed by atoms with van der Waals surface area (Å²) < 4.78 is 2.80. The van der Waals surface area contributed by atoms with Gasteiger partial charge < -0.3 is 4.57 Å². The van der Waals surface area contributed by atoms with Crippen LogP contribution in [0.15, 0.2) is 0 Å². The Labute approximate surface area is 94.4 Å². The zero-order valence-electron chi connectivity index (χ0n) is 8.48. The molecule has 0 unspecified atom stereocenters. The fraction of sp³-hybridized carbons (Fsp3) is 1.00. The molecule has 0 aromatic carbocycles. The molecule has 0 radical (unpaired) electrons. The van der Waals surface area contributed by atoms with Gasteiger partial charge in [-0.15, -0.1) is 21.8 Å². The lowest BCUT2D eigenvalue weighted by atomic mass is 10.3. The third kappa shape index (κ3) is 7.76. The summed E-state index contributed by atoms with van der Waals surface area (Å²) in [6.45, 7) is 7.73. The van der Waals surface area contributed by atoms with E-state index in [0.29, 0.717) is 6.53 Å². The van der Waals surface area contributed by atoms with Crippen LogP contribution < -0.4 is 0 Å². The molecule has 74 valence electrons. The number of hydrogen-bond donors (Lipinski definition) is 0. The minimum absolute atomic E-state index is 0.254. The highest BCUT2D eigenvalue weighted by Gasteiger charge is 2.02. The highest BCUT2D eigenvalue weighted by atomic mass is 127. The first-order chi connectivity index (χ1) is 5.85. The molecule has 0 amide bonds. The van der Waals surface area contributed by atoms with Crippen LogP contribution in [0.4, 0.5) is 0 Å². The summed E-state index contributed by atoms with van der Waals surface area (Å²) >= 11 is 2.67. The smallest absolute Gasteiger partial charge is 0.0973 e. The van der Waals surface area contributed by atoms with Crippen LogP contribution in [-0.4, -0.2) is 33.4 Å². The topological polar surface area (TPSA) is 3.24 Å². The minimum Gasteiger partial charge on any atom is -0.331 e. The van der Waals surface area contributed by atoms with Crippen LogP contribution in [0.5, 0.6) is 0 Å². The standard InChI is InChI=1S/C8H22INSi2/c1-3-5-7-10(12-11-9)8-6-4-2/h3-8,11-12H2,1-2H3. The first kappa shape index (κ1) is 13.1. The second-order valence-corrected chi connectivity index (χ2v) is 17.1. The van der Waals surface area contributed by atoms with Crippen LogP contribution in [-0.2, 0) is 0 Å². The van der Waals surface area contributed by atoms with E-state index in [-0.39, 0.29) is 9.20 Å². The van der Waals surface area contributed by atoms with E-state index in [1.165, 1.54) is 38.8 Å². The lowest BCUT2D eigenvalue weighted by Gasteiger charge is -2.20. The Morgan fingerprint density at radius 1 is 1.08 bits per heavy atom. The third-order valence-corrected chi connectivity index (χ3v) is 10.2. The molecule has 1 nitrogen and oxygen atoms in total. The summed E-state index contributed by atoms with van der Waals surface area (Å²) in [6, 6.07) is 0. The van der Waals surface area contributed by atoms with Gasteiger partial charge in [-0.1, -0.05) is 26.7 Å². The molecule has 0 heterocycles. The van der Waals surface area contributed by atoms with E-state index in [1.807, 2.05) is 0 Å². The molecule has 0 saturated carbocycles. The SMILES string of the molecule is CCCCN(CCCC)[SiH2][SiH2]I. The Morgan fingerprint density at radius 3 is 1.92 bits per heavy atom. The first-order valence-electron chi connectivity index (χ1n) is 5.13. The molecule has 0 rings (SSSR count). The summed E-state index contributed by atoms with van der Waals surface area (Å²) in [6.07, 6.45) is 5.56. The van der Waals surface area contributed by atoms with Crippen molar-refractivity contribution >= 4 is 37.5 Å². The number of hydrogen-bond acceptors (Lipinski definition) is 1. The molecular formula is C8H22INSi2. The molecule has 0 bridgehead atoms. The molecule has 0 N–H and O–H groups in total. The van der Waals surface area contributed by atoms with Crippen LogP contribution in [0.2, 0.25) is 0 Å². The van der Waals surface area contributed by atoms with Gasteiger partial charge in [0.05, 0.1) is 15.7 Å². The van der Waals surface area contributed by atoms with Crippen LogP contribution in [0.25, 0.3) is 0 Å². The highest BCUT2D eigenvalue weighted by molar-refractivity contribution is 14.1. The van der Waals surface area contributed by atoms with Gasteiger partial charge in [0.1, 0.15) is 0 Å². The zero-order valence-corrected chi connectivity index (χ0v) is 13.5. The summed E-state index contributed by atoms with van der Waals surface area (Å²) in [4.78, 5) is 0. The molecular weight excluding hydrogens is 293 g/mol. The van der Waals surface area contributed by atoms with E-state index in [1.54, 1.807) is 0 Å². The van der Waals surface area contributed by atoms with Crippen molar-refractivity contribution in [2.45, 2.75) is 39.5 Å². The Morgan fingerprint density at radius 2 is 1.58 bits per heavy atom. The number of unbranched alkanes of at least 4 members (excludes halogenated alkanes) is 2. The van der Waals surface area contributed by atoms with Gasteiger partial charge in [-0.3, -0.25) is 0 Å². The fourth-order valence-corrected chi connectivity index (χ4v) is 10.6. The van der Waals surface area contributed by atoms with Crippen molar-refractivity contribution in [2.24, 2.45) is 0 Å². The number of halogens is 1. The third-order valence-electron chi connectivity index (χ3n) is 2.06. The predicted octanol–water partition coefficient (Wildman–Crippen LogP) is 1.41. The van der Waals surface area contributed by atoms with E-state index < -0.39 is 0 Å². The fourth-order valence-electron chi connectivity index (χ4n) is 1.22. The molecule has 0 aromatic heterocycles. The van der Waals surface area contributed by atoms with Gasteiger partial charge in [0, 0.05) is 0 Å². The van der Waals surface area contributed by atoms with Gasteiger partial charge in [0.2, 0.25) is 0 Å². The van der Waals surface area contributed by atoms with E-state index in [0.717, 1.165) is 0 Å². The molecule has 0 aromatic rings. The molecule has 0 aliphatic rings. The molecule has 4 heteroatoms. The highest BCUT2D eigenvalue weighted by Crippen LogP contribution is 1.97. The predicted molar refractivity (Wildman–Crippen MR) is 72.5 cm³/mol. The number of rotatable bonds is 8. The van der Waals surface area contributed by atoms with Crippen molar-refractivity contribution in [1.82, 2.24) is 4.57 Å². The summed E-state index contributed by atoms with van der Waals surface area (Å²) in [7, 11) is 0.254. The maximum atomic E-state index is 2.80.